The summed E-state index contributed by atoms with van der Waals surface area (Å²) < 4.78 is 5.14. The Bertz CT molecular complexity index is 411. The van der Waals surface area contributed by atoms with Crippen molar-refractivity contribution in [2.75, 3.05) is 39.8 Å². The molecule has 0 atom stereocenters. The zero-order chi connectivity index (χ0) is 13.7. The fourth-order valence-electron chi connectivity index (χ4n) is 2.27. The number of hydrogen-bond acceptors (Lipinski definition) is 4. The van der Waals surface area contributed by atoms with Gasteiger partial charge in [-0.05, 0) is 17.7 Å². The Morgan fingerprint density at radius 2 is 1.84 bits per heavy atom. The lowest BCUT2D eigenvalue weighted by molar-refractivity contribution is -0.131. The number of nitrogens with two attached hydrogens (primary N) is 1. The molecular weight excluding hydrogens is 242 g/mol. The van der Waals surface area contributed by atoms with E-state index < -0.39 is 0 Å². The van der Waals surface area contributed by atoms with Crippen molar-refractivity contribution >= 4 is 5.91 Å². The SMILES string of the molecule is COc1ccc(CN2CCN(C(=O)CN)CC2)cc1. The van der Waals surface area contributed by atoms with Gasteiger partial charge >= 0.3 is 0 Å². The van der Waals surface area contributed by atoms with Crippen LogP contribution in [0.2, 0.25) is 0 Å². The standard InChI is InChI=1S/C14H21N3O2/c1-19-13-4-2-12(3-5-13)11-16-6-8-17(9-7-16)14(18)10-15/h2-5H,6-11,15H2,1H3. The maximum Gasteiger partial charge on any atom is 0.236 e. The smallest absolute Gasteiger partial charge is 0.236 e. The molecule has 1 aliphatic rings. The van der Waals surface area contributed by atoms with E-state index in [1.54, 1.807) is 7.11 Å². The molecule has 0 unspecified atom stereocenters. The molecule has 19 heavy (non-hydrogen) atoms. The number of ether oxygens (including phenoxy) is 1. The quantitative estimate of drug-likeness (QED) is 0.849. The van der Waals surface area contributed by atoms with Crippen molar-refractivity contribution in [1.82, 2.24) is 9.80 Å². The molecule has 1 aliphatic heterocycles. The van der Waals surface area contributed by atoms with E-state index in [1.165, 1.54) is 5.56 Å². The van der Waals surface area contributed by atoms with E-state index in [1.807, 2.05) is 17.0 Å². The largest absolute Gasteiger partial charge is 0.497 e. The molecule has 1 saturated heterocycles. The van der Waals surface area contributed by atoms with Crippen LogP contribution in [0.4, 0.5) is 0 Å². The Balaban J connectivity index is 1.83. The van der Waals surface area contributed by atoms with Crippen LogP contribution in [0.15, 0.2) is 24.3 Å². The van der Waals surface area contributed by atoms with Crippen molar-refractivity contribution in [2.45, 2.75) is 6.54 Å². The molecule has 0 saturated carbocycles. The summed E-state index contributed by atoms with van der Waals surface area (Å²) in [6.07, 6.45) is 0. The van der Waals surface area contributed by atoms with E-state index in [-0.39, 0.29) is 12.5 Å². The Kier molecular flexibility index (Phi) is 4.76. The number of rotatable bonds is 4. The van der Waals surface area contributed by atoms with Gasteiger partial charge in [-0.3, -0.25) is 9.69 Å². The van der Waals surface area contributed by atoms with E-state index in [4.69, 9.17) is 10.5 Å². The highest BCUT2D eigenvalue weighted by molar-refractivity contribution is 5.78. The molecule has 5 nitrogen and oxygen atoms in total. The predicted octanol–water partition coefficient (Wildman–Crippen LogP) is 0.298. The Hall–Kier alpha value is -1.59. The lowest BCUT2D eigenvalue weighted by Crippen LogP contribution is -2.49. The molecule has 0 spiro atoms. The summed E-state index contributed by atoms with van der Waals surface area (Å²) in [5, 5.41) is 0. The van der Waals surface area contributed by atoms with Crippen LogP contribution in [-0.4, -0.2) is 55.5 Å². The molecule has 1 heterocycles. The summed E-state index contributed by atoms with van der Waals surface area (Å²) in [5.74, 6) is 0.922. The Morgan fingerprint density at radius 3 is 2.37 bits per heavy atom. The van der Waals surface area contributed by atoms with Gasteiger partial charge in [0.2, 0.25) is 5.91 Å². The number of piperazine rings is 1. The Labute approximate surface area is 113 Å². The lowest BCUT2D eigenvalue weighted by Gasteiger charge is -2.34. The molecule has 5 heteroatoms. The van der Waals surface area contributed by atoms with Gasteiger partial charge in [0.15, 0.2) is 0 Å². The van der Waals surface area contributed by atoms with Gasteiger partial charge in [-0.15, -0.1) is 0 Å². The van der Waals surface area contributed by atoms with Crippen LogP contribution in [0.3, 0.4) is 0 Å². The van der Waals surface area contributed by atoms with E-state index >= 15 is 0 Å². The molecule has 0 aromatic heterocycles. The summed E-state index contributed by atoms with van der Waals surface area (Å²) in [4.78, 5) is 15.7. The molecule has 0 radical (unpaired) electrons. The summed E-state index contributed by atoms with van der Waals surface area (Å²) in [6.45, 7) is 4.36. The summed E-state index contributed by atoms with van der Waals surface area (Å²) in [6, 6.07) is 8.11. The lowest BCUT2D eigenvalue weighted by atomic mass is 10.2. The minimum Gasteiger partial charge on any atom is -0.497 e. The second kappa shape index (κ2) is 6.54. The summed E-state index contributed by atoms with van der Waals surface area (Å²) in [5.41, 5.74) is 6.64. The predicted molar refractivity (Wildman–Crippen MR) is 73.9 cm³/mol. The fourth-order valence-corrected chi connectivity index (χ4v) is 2.27. The van der Waals surface area contributed by atoms with Crippen molar-refractivity contribution in [3.63, 3.8) is 0 Å². The molecule has 1 fully saturated rings. The van der Waals surface area contributed by atoms with E-state index in [0.717, 1.165) is 38.5 Å². The van der Waals surface area contributed by atoms with Crippen molar-refractivity contribution in [3.05, 3.63) is 29.8 Å². The van der Waals surface area contributed by atoms with Crippen LogP contribution in [0.1, 0.15) is 5.56 Å². The minimum absolute atomic E-state index is 0.0455. The molecule has 104 valence electrons. The normalized spacial score (nSPS) is 16.4. The maximum absolute atomic E-state index is 11.5. The van der Waals surface area contributed by atoms with Crippen LogP contribution in [-0.2, 0) is 11.3 Å². The topological polar surface area (TPSA) is 58.8 Å². The Morgan fingerprint density at radius 1 is 1.21 bits per heavy atom. The number of nitrogens with zero attached hydrogens (tertiary/aromatic N) is 2. The second-order valence-electron chi connectivity index (χ2n) is 4.71. The zero-order valence-electron chi connectivity index (χ0n) is 11.3. The van der Waals surface area contributed by atoms with Crippen LogP contribution < -0.4 is 10.5 Å². The third-order valence-electron chi connectivity index (χ3n) is 3.46. The maximum atomic E-state index is 11.5. The third-order valence-corrected chi connectivity index (χ3v) is 3.46. The van der Waals surface area contributed by atoms with E-state index in [0.29, 0.717) is 0 Å². The first-order chi connectivity index (χ1) is 9.22. The number of benzene rings is 1. The molecule has 2 rings (SSSR count). The molecule has 0 aliphatic carbocycles. The highest BCUT2D eigenvalue weighted by Gasteiger charge is 2.19. The number of carbonyl (C=O) groups is 1. The first-order valence-electron chi connectivity index (χ1n) is 6.56. The van der Waals surface area contributed by atoms with Crippen molar-refractivity contribution in [3.8, 4) is 5.75 Å². The average molecular weight is 263 g/mol. The number of methoxy groups -OCH3 is 1. The van der Waals surface area contributed by atoms with Gasteiger partial charge in [0.1, 0.15) is 5.75 Å². The van der Waals surface area contributed by atoms with Gasteiger partial charge in [0.05, 0.1) is 13.7 Å². The number of amides is 1. The number of carbonyl (C=O) groups excluding carboxylic acids is 1. The van der Waals surface area contributed by atoms with Gasteiger partial charge < -0.3 is 15.4 Å². The molecule has 1 amide bonds. The van der Waals surface area contributed by atoms with Crippen molar-refractivity contribution < 1.29 is 9.53 Å². The first kappa shape index (κ1) is 13.8. The highest BCUT2D eigenvalue weighted by atomic mass is 16.5. The highest BCUT2D eigenvalue weighted by Crippen LogP contribution is 2.14. The summed E-state index contributed by atoms with van der Waals surface area (Å²) in [7, 11) is 1.67. The van der Waals surface area contributed by atoms with Crippen LogP contribution in [0, 0.1) is 0 Å². The van der Waals surface area contributed by atoms with Gasteiger partial charge in [-0.1, -0.05) is 12.1 Å². The first-order valence-corrected chi connectivity index (χ1v) is 6.56. The monoisotopic (exact) mass is 263 g/mol. The molecule has 0 bridgehead atoms. The average Bonchev–Trinajstić information content (AvgIpc) is 2.48. The summed E-state index contributed by atoms with van der Waals surface area (Å²) >= 11 is 0. The molecular formula is C14H21N3O2. The number of hydrogen-bond donors (Lipinski definition) is 1. The van der Waals surface area contributed by atoms with Gasteiger partial charge in [0.25, 0.3) is 0 Å². The molecule has 1 aromatic carbocycles. The zero-order valence-corrected chi connectivity index (χ0v) is 11.3. The van der Waals surface area contributed by atoms with Gasteiger partial charge in [0, 0.05) is 32.7 Å². The fraction of sp³-hybridized carbons (Fsp3) is 0.500. The van der Waals surface area contributed by atoms with Crippen LogP contribution in [0.5, 0.6) is 5.75 Å². The van der Waals surface area contributed by atoms with Crippen molar-refractivity contribution in [1.29, 1.82) is 0 Å². The van der Waals surface area contributed by atoms with Gasteiger partial charge in [-0.25, -0.2) is 0 Å². The van der Waals surface area contributed by atoms with Crippen LogP contribution in [0.25, 0.3) is 0 Å². The molecule has 1 aromatic rings. The third kappa shape index (κ3) is 3.68. The van der Waals surface area contributed by atoms with Crippen LogP contribution >= 0.6 is 0 Å². The minimum atomic E-state index is 0.0455. The van der Waals surface area contributed by atoms with Crippen molar-refractivity contribution in [2.24, 2.45) is 5.73 Å². The van der Waals surface area contributed by atoms with Gasteiger partial charge in [-0.2, -0.15) is 0 Å². The molecule has 2 N–H and O–H groups in total. The second-order valence-corrected chi connectivity index (χ2v) is 4.71. The van der Waals surface area contributed by atoms with E-state index in [9.17, 15) is 4.79 Å². The van der Waals surface area contributed by atoms with E-state index in [2.05, 4.69) is 17.0 Å².